The number of rotatable bonds is 10. The monoisotopic (exact) mass is 405 g/mol. The van der Waals surface area contributed by atoms with Crippen LogP contribution in [-0.4, -0.2) is 11.1 Å². The number of carboxylic acids is 1. The van der Waals surface area contributed by atoms with Crippen LogP contribution < -0.4 is 0 Å². The maximum Gasteiger partial charge on any atom is 0.306 e. The summed E-state index contributed by atoms with van der Waals surface area (Å²) in [5.74, 6) is -0.401. The molecule has 4 rings (SSSR count). The molecule has 1 heterocycles. The van der Waals surface area contributed by atoms with E-state index in [1.54, 1.807) is 0 Å². The molecule has 5 heteroatoms. The molecule has 0 amide bonds. The first-order valence-electron chi connectivity index (χ1n) is 10.8. The van der Waals surface area contributed by atoms with Gasteiger partial charge in [-0.25, -0.2) is 0 Å². The van der Waals surface area contributed by atoms with Crippen LogP contribution in [0.25, 0.3) is 11.0 Å². The fourth-order valence-electron chi connectivity index (χ4n) is 4.54. The summed E-state index contributed by atoms with van der Waals surface area (Å²) >= 11 is 0. The van der Waals surface area contributed by atoms with Crippen molar-refractivity contribution in [3.05, 3.63) is 75.9 Å². The largest absolute Gasteiger partial charge is 0.481 e. The van der Waals surface area contributed by atoms with Crippen LogP contribution in [0.2, 0.25) is 0 Å². The van der Waals surface area contributed by atoms with Gasteiger partial charge in [-0.1, -0.05) is 54.1 Å². The average Bonchev–Trinajstić information content (AvgIpc) is 3.34. The highest BCUT2D eigenvalue weighted by Gasteiger charge is 2.26. The number of aryl methyl sites for hydroxylation is 3. The van der Waals surface area contributed by atoms with E-state index in [2.05, 4.69) is 17.3 Å². The molecule has 3 aromatic rings. The topological polar surface area (TPSA) is 79.9 Å². The van der Waals surface area contributed by atoms with Crippen molar-refractivity contribution >= 4 is 16.9 Å². The van der Waals surface area contributed by atoms with Gasteiger partial charge >= 0.3 is 5.97 Å². The molecule has 0 saturated heterocycles. The molecule has 1 aromatic heterocycles. The Balaban J connectivity index is 1.39. The minimum absolute atomic E-state index is 0.218. The molecule has 5 nitrogen and oxygen atoms in total. The van der Waals surface area contributed by atoms with E-state index in [1.165, 1.54) is 11.1 Å². The summed E-state index contributed by atoms with van der Waals surface area (Å²) in [6.45, 7) is 0. The summed E-state index contributed by atoms with van der Waals surface area (Å²) in [6.07, 6.45) is 6.54. The van der Waals surface area contributed by atoms with Gasteiger partial charge in [-0.15, -0.1) is 0 Å². The first-order chi connectivity index (χ1) is 14.7. The number of fused-ring (bicyclic) bond motifs is 3. The normalized spacial score (nSPS) is 15.1. The minimum atomic E-state index is -0.860. The van der Waals surface area contributed by atoms with E-state index in [0.717, 1.165) is 60.8 Å². The summed E-state index contributed by atoms with van der Waals surface area (Å²) in [5.41, 5.74) is 4.05. The summed E-state index contributed by atoms with van der Waals surface area (Å²) in [4.78, 5) is 23.4. The molecule has 30 heavy (non-hydrogen) atoms. The SMILES string of the molecule is O=NC(CC(CCCCc1ccccc1)C(=O)O)c1ccc2c3c(oc2c1)CCC3. The van der Waals surface area contributed by atoms with Crippen molar-refractivity contribution in [2.24, 2.45) is 11.1 Å². The molecule has 0 fully saturated rings. The van der Waals surface area contributed by atoms with Gasteiger partial charge in [0.15, 0.2) is 0 Å². The Morgan fingerprint density at radius 3 is 2.70 bits per heavy atom. The molecule has 2 unspecified atom stereocenters. The van der Waals surface area contributed by atoms with Gasteiger partial charge in [-0.3, -0.25) is 4.79 Å². The Labute approximate surface area is 176 Å². The number of hydrogen-bond donors (Lipinski definition) is 1. The van der Waals surface area contributed by atoms with Crippen LogP contribution in [-0.2, 0) is 24.1 Å². The minimum Gasteiger partial charge on any atom is -0.481 e. The fourth-order valence-corrected chi connectivity index (χ4v) is 4.54. The molecule has 0 aliphatic heterocycles. The van der Waals surface area contributed by atoms with Crippen LogP contribution in [0.3, 0.4) is 0 Å². The number of nitrogens with zero attached hydrogens (tertiary/aromatic N) is 1. The van der Waals surface area contributed by atoms with Gasteiger partial charge in [0.2, 0.25) is 0 Å². The lowest BCUT2D eigenvalue weighted by atomic mass is 9.90. The maximum atomic E-state index is 11.8. The first-order valence-corrected chi connectivity index (χ1v) is 10.8. The highest BCUT2D eigenvalue weighted by molar-refractivity contribution is 5.83. The Morgan fingerprint density at radius 2 is 1.93 bits per heavy atom. The number of nitroso groups, excluding NO2 is 1. The number of hydrogen-bond acceptors (Lipinski definition) is 4. The fraction of sp³-hybridized carbons (Fsp3) is 0.400. The summed E-state index contributed by atoms with van der Waals surface area (Å²) in [7, 11) is 0. The van der Waals surface area contributed by atoms with Crippen molar-refractivity contribution in [1.82, 2.24) is 0 Å². The van der Waals surface area contributed by atoms with Crippen molar-refractivity contribution in [1.29, 1.82) is 0 Å². The van der Waals surface area contributed by atoms with Crippen molar-refractivity contribution in [3.63, 3.8) is 0 Å². The van der Waals surface area contributed by atoms with Crippen LogP contribution in [0, 0.1) is 10.8 Å². The van der Waals surface area contributed by atoms with Crippen molar-refractivity contribution < 1.29 is 14.3 Å². The van der Waals surface area contributed by atoms with E-state index in [0.29, 0.717) is 6.42 Å². The zero-order valence-electron chi connectivity index (χ0n) is 17.0. The van der Waals surface area contributed by atoms with Crippen molar-refractivity contribution in [2.45, 2.75) is 57.4 Å². The van der Waals surface area contributed by atoms with Gasteiger partial charge in [0.05, 0.1) is 5.92 Å². The molecular formula is C25H27NO4. The van der Waals surface area contributed by atoms with E-state index in [4.69, 9.17) is 4.42 Å². The van der Waals surface area contributed by atoms with Gasteiger partial charge in [0, 0.05) is 17.4 Å². The molecule has 1 aliphatic rings. The average molecular weight is 405 g/mol. The maximum absolute atomic E-state index is 11.8. The van der Waals surface area contributed by atoms with Crippen molar-refractivity contribution in [2.75, 3.05) is 0 Å². The van der Waals surface area contributed by atoms with Gasteiger partial charge in [0.1, 0.15) is 17.4 Å². The number of carboxylic acid groups (broad SMARTS) is 1. The van der Waals surface area contributed by atoms with Gasteiger partial charge < -0.3 is 9.52 Å². The molecule has 0 spiro atoms. The third-order valence-corrected chi connectivity index (χ3v) is 6.21. The van der Waals surface area contributed by atoms with E-state index >= 15 is 0 Å². The number of benzene rings is 2. The number of carbonyl (C=O) groups is 1. The Bertz CT molecular complexity index is 1020. The highest BCUT2D eigenvalue weighted by Crippen LogP contribution is 2.36. The zero-order chi connectivity index (χ0) is 20.9. The second kappa shape index (κ2) is 9.24. The third kappa shape index (κ3) is 4.45. The van der Waals surface area contributed by atoms with Crippen molar-refractivity contribution in [3.8, 4) is 0 Å². The van der Waals surface area contributed by atoms with Crippen LogP contribution in [0.1, 0.15) is 60.6 Å². The molecule has 2 aromatic carbocycles. The molecule has 1 aliphatic carbocycles. The smallest absolute Gasteiger partial charge is 0.306 e. The van der Waals surface area contributed by atoms with Crippen LogP contribution in [0.5, 0.6) is 0 Å². The van der Waals surface area contributed by atoms with Gasteiger partial charge in [0.25, 0.3) is 0 Å². The summed E-state index contributed by atoms with van der Waals surface area (Å²) < 4.78 is 5.96. The van der Waals surface area contributed by atoms with Gasteiger partial charge in [-0.2, -0.15) is 4.91 Å². The van der Waals surface area contributed by atoms with E-state index in [9.17, 15) is 14.8 Å². The zero-order valence-corrected chi connectivity index (χ0v) is 17.0. The van der Waals surface area contributed by atoms with E-state index in [1.807, 2.05) is 36.4 Å². The Hall–Kier alpha value is -2.95. The Morgan fingerprint density at radius 1 is 1.10 bits per heavy atom. The van der Waals surface area contributed by atoms with Crippen LogP contribution in [0.4, 0.5) is 0 Å². The highest BCUT2D eigenvalue weighted by atomic mass is 16.4. The number of aliphatic carboxylic acids is 1. The quantitative estimate of drug-likeness (QED) is 0.320. The molecule has 0 saturated carbocycles. The molecule has 1 N–H and O–H groups in total. The van der Waals surface area contributed by atoms with E-state index < -0.39 is 17.9 Å². The lowest BCUT2D eigenvalue weighted by Crippen LogP contribution is -2.16. The number of furan rings is 1. The second-order valence-corrected chi connectivity index (χ2v) is 8.24. The Kier molecular flexibility index (Phi) is 6.26. The molecular weight excluding hydrogens is 378 g/mol. The third-order valence-electron chi connectivity index (χ3n) is 6.21. The summed E-state index contributed by atoms with van der Waals surface area (Å²) in [6, 6.07) is 15.3. The molecule has 0 radical (unpaired) electrons. The summed E-state index contributed by atoms with van der Waals surface area (Å²) in [5, 5.41) is 14.0. The van der Waals surface area contributed by atoms with Crippen LogP contribution in [0.15, 0.2) is 58.1 Å². The second-order valence-electron chi connectivity index (χ2n) is 8.24. The molecule has 2 atom stereocenters. The molecule has 156 valence electrons. The lowest BCUT2D eigenvalue weighted by molar-refractivity contribution is -0.142. The lowest BCUT2D eigenvalue weighted by Gasteiger charge is -2.16. The standard InChI is InChI=1S/C25H27NO4/c27-25(28)19(10-5-4-9-17-7-2-1-3-8-17)15-22(26-29)18-13-14-21-20-11-6-12-23(20)30-24(21)16-18/h1-3,7-8,13-14,16,19,22H,4-6,9-12,15H2,(H,27,28). The predicted molar refractivity (Wildman–Crippen MR) is 117 cm³/mol. The van der Waals surface area contributed by atoms with Gasteiger partial charge in [-0.05, 0) is 55.7 Å². The molecule has 0 bridgehead atoms. The van der Waals surface area contributed by atoms with E-state index in [-0.39, 0.29) is 6.42 Å². The first kappa shape index (κ1) is 20.3. The number of unbranched alkanes of at least 4 members (excludes halogenated alkanes) is 1. The van der Waals surface area contributed by atoms with Crippen LogP contribution >= 0.6 is 0 Å². The predicted octanol–water partition coefficient (Wildman–Crippen LogP) is 6.23.